The number of ketones is 1. The normalized spacial score (nSPS) is 15.3. The Hall–Kier alpha value is -5.65. The van der Waals surface area contributed by atoms with Crippen LogP contribution >= 0.6 is 0 Å². The predicted molar refractivity (Wildman–Crippen MR) is 174 cm³/mol. The number of hydrogen-bond acceptors (Lipinski definition) is 7. The molecule has 5 rings (SSSR count). The number of fused-ring (bicyclic) bond motifs is 1. The van der Waals surface area contributed by atoms with Gasteiger partial charge in [0, 0.05) is 42.9 Å². The first-order valence-corrected chi connectivity index (χ1v) is 15.3. The Morgan fingerprint density at radius 1 is 0.872 bits per heavy atom. The van der Waals surface area contributed by atoms with E-state index >= 15 is 0 Å². The molecule has 0 aliphatic carbocycles. The van der Waals surface area contributed by atoms with Gasteiger partial charge >= 0.3 is 0 Å². The number of amides is 4. The van der Waals surface area contributed by atoms with Crippen molar-refractivity contribution in [1.29, 1.82) is 0 Å². The summed E-state index contributed by atoms with van der Waals surface area (Å²) in [6.07, 6.45) is 0.495. The van der Waals surface area contributed by atoms with Crippen LogP contribution in [0, 0.1) is 5.92 Å². The molecule has 0 unspecified atom stereocenters. The van der Waals surface area contributed by atoms with E-state index in [0.29, 0.717) is 35.4 Å². The maximum Gasteiger partial charge on any atom is 0.289 e. The van der Waals surface area contributed by atoms with Gasteiger partial charge in [-0.1, -0.05) is 60.7 Å². The van der Waals surface area contributed by atoms with Gasteiger partial charge < -0.3 is 35.7 Å². The van der Waals surface area contributed by atoms with Gasteiger partial charge in [-0.15, -0.1) is 0 Å². The summed E-state index contributed by atoms with van der Waals surface area (Å²) in [7, 11) is 3.03. The van der Waals surface area contributed by atoms with E-state index in [1.165, 1.54) is 14.2 Å². The molecule has 3 aromatic carbocycles. The Morgan fingerprint density at radius 2 is 1.57 bits per heavy atom. The molecule has 4 aromatic rings. The van der Waals surface area contributed by atoms with Crippen LogP contribution in [0.4, 0.5) is 0 Å². The van der Waals surface area contributed by atoms with Crippen LogP contribution in [0.2, 0.25) is 0 Å². The molecule has 4 amide bonds. The van der Waals surface area contributed by atoms with Gasteiger partial charge in [0.15, 0.2) is 0 Å². The molecule has 1 saturated heterocycles. The lowest BCUT2D eigenvalue weighted by Gasteiger charge is -2.24. The smallest absolute Gasteiger partial charge is 0.289 e. The average Bonchev–Trinajstić information content (AvgIpc) is 3.72. The van der Waals surface area contributed by atoms with Crippen molar-refractivity contribution in [2.24, 2.45) is 5.92 Å². The Kier molecular flexibility index (Phi) is 10.5. The first-order valence-electron chi connectivity index (χ1n) is 15.3. The lowest BCUT2D eigenvalue weighted by Crippen LogP contribution is -2.55. The van der Waals surface area contributed by atoms with Crippen LogP contribution in [0.3, 0.4) is 0 Å². The molecule has 12 nitrogen and oxygen atoms in total. The Bertz CT molecular complexity index is 1760. The third kappa shape index (κ3) is 8.15. The highest BCUT2D eigenvalue weighted by Gasteiger charge is 2.35. The molecule has 0 radical (unpaired) electrons. The Balaban J connectivity index is 1.37. The topological polar surface area (TPSA) is 168 Å². The molecule has 0 bridgehead atoms. The highest BCUT2D eigenvalue weighted by Crippen LogP contribution is 2.31. The molecule has 244 valence electrons. The Morgan fingerprint density at radius 3 is 2.21 bits per heavy atom. The van der Waals surface area contributed by atoms with E-state index in [2.05, 4.69) is 26.3 Å². The lowest BCUT2D eigenvalue weighted by atomic mass is 9.94. The van der Waals surface area contributed by atoms with E-state index in [9.17, 15) is 24.0 Å². The summed E-state index contributed by atoms with van der Waals surface area (Å²) in [4.78, 5) is 69.4. The quantitative estimate of drug-likeness (QED) is 0.132. The van der Waals surface area contributed by atoms with Crippen LogP contribution in [0.25, 0.3) is 10.9 Å². The molecule has 0 saturated carbocycles. The van der Waals surface area contributed by atoms with Gasteiger partial charge in [-0.25, -0.2) is 0 Å². The van der Waals surface area contributed by atoms with Crippen LogP contribution in [0.15, 0.2) is 78.9 Å². The van der Waals surface area contributed by atoms with E-state index in [-0.39, 0.29) is 31.0 Å². The second kappa shape index (κ2) is 15.1. The number of carbonyl (C=O) groups excluding carboxylic acids is 5. The number of Topliss-reactive ketones (excluding diaryl/α,β-unsaturated/α-hetero) is 1. The number of carbonyl (C=O) groups is 5. The summed E-state index contributed by atoms with van der Waals surface area (Å²) >= 11 is 0. The maximum absolute atomic E-state index is 13.9. The molecular weight excluding hydrogens is 602 g/mol. The monoisotopic (exact) mass is 639 g/mol. The summed E-state index contributed by atoms with van der Waals surface area (Å²) in [6, 6.07) is 20.8. The highest BCUT2D eigenvalue weighted by molar-refractivity contribution is 6.38. The van der Waals surface area contributed by atoms with Gasteiger partial charge in [-0.3, -0.25) is 24.0 Å². The van der Waals surface area contributed by atoms with Crippen LogP contribution in [-0.4, -0.2) is 67.2 Å². The number of hydrogen-bond donors (Lipinski definition) is 5. The minimum atomic E-state index is -1.30. The first-order chi connectivity index (χ1) is 22.7. The predicted octanol–water partition coefficient (Wildman–Crippen LogP) is 2.42. The largest absolute Gasteiger partial charge is 0.497 e. The fraction of sp³-hybridized carbons (Fsp3) is 0.286. The number of ether oxygens (including phenoxy) is 2. The summed E-state index contributed by atoms with van der Waals surface area (Å²) in [6.45, 7) is 0.552. The second-order valence-corrected chi connectivity index (χ2v) is 11.3. The molecule has 2 heterocycles. The highest BCUT2D eigenvalue weighted by atomic mass is 16.5. The number of H-pyrrole nitrogens is 1. The zero-order valence-electron chi connectivity index (χ0n) is 26.1. The fourth-order valence-electron chi connectivity index (χ4n) is 5.57. The van der Waals surface area contributed by atoms with Crippen molar-refractivity contribution in [3.05, 3.63) is 95.7 Å². The summed E-state index contributed by atoms with van der Waals surface area (Å²) in [5, 5.41) is 11.5. The molecular formula is C35H37N5O7. The number of methoxy groups -OCH3 is 2. The van der Waals surface area contributed by atoms with E-state index < -0.39 is 41.5 Å². The first kappa shape index (κ1) is 32.7. The van der Waals surface area contributed by atoms with Crippen LogP contribution in [-0.2, 0) is 32.1 Å². The number of aromatic nitrogens is 1. The van der Waals surface area contributed by atoms with Crippen LogP contribution in [0.1, 0.15) is 34.5 Å². The SMILES string of the molecule is COc1cc(OC)c2cc(C(=O)N[C@@H](Cc3ccccc3)C(=O)N[C@@H](C[C@@H]3CCNC3=O)C(=O)C(=O)NCc3ccccc3)[nH]c2c1. The van der Waals surface area contributed by atoms with E-state index in [0.717, 1.165) is 11.1 Å². The summed E-state index contributed by atoms with van der Waals surface area (Å²) < 4.78 is 10.8. The molecule has 1 fully saturated rings. The second-order valence-electron chi connectivity index (χ2n) is 11.3. The van der Waals surface area contributed by atoms with E-state index in [4.69, 9.17) is 9.47 Å². The summed E-state index contributed by atoms with van der Waals surface area (Å²) in [5.74, 6) is -2.80. The fourth-order valence-corrected chi connectivity index (χ4v) is 5.57. The average molecular weight is 640 g/mol. The van der Waals surface area contributed by atoms with Crippen LogP contribution < -0.4 is 30.7 Å². The Labute approximate surface area is 271 Å². The molecule has 47 heavy (non-hydrogen) atoms. The van der Waals surface area contributed by atoms with Gasteiger partial charge in [0.2, 0.25) is 17.6 Å². The van der Waals surface area contributed by atoms with Crippen molar-refractivity contribution in [3.8, 4) is 11.5 Å². The number of nitrogens with one attached hydrogen (secondary N) is 5. The van der Waals surface area contributed by atoms with Crippen molar-refractivity contribution in [1.82, 2.24) is 26.3 Å². The maximum atomic E-state index is 13.9. The van der Waals surface area contributed by atoms with Gasteiger partial charge in [-0.2, -0.15) is 0 Å². The van der Waals surface area contributed by atoms with E-state index in [1.807, 2.05) is 60.7 Å². The van der Waals surface area contributed by atoms with Gasteiger partial charge in [-0.05, 0) is 30.0 Å². The zero-order chi connectivity index (χ0) is 33.3. The van der Waals surface area contributed by atoms with Crippen molar-refractivity contribution >= 4 is 40.3 Å². The van der Waals surface area contributed by atoms with Gasteiger partial charge in [0.1, 0.15) is 23.2 Å². The van der Waals surface area contributed by atoms with E-state index in [1.54, 1.807) is 18.2 Å². The lowest BCUT2D eigenvalue weighted by molar-refractivity contribution is -0.141. The molecule has 3 atom stereocenters. The number of benzene rings is 3. The third-order valence-corrected chi connectivity index (χ3v) is 8.11. The minimum absolute atomic E-state index is 0.0647. The minimum Gasteiger partial charge on any atom is -0.497 e. The van der Waals surface area contributed by atoms with Crippen molar-refractivity contribution < 1.29 is 33.4 Å². The number of aromatic amines is 1. The molecule has 1 aliphatic heterocycles. The summed E-state index contributed by atoms with van der Waals surface area (Å²) in [5.41, 5.74) is 2.32. The van der Waals surface area contributed by atoms with Crippen molar-refractivity contribution in [2.75, 3.05) is 20.8 Å². The molecule has 1 aromatic heterocycles. The molecule has 12 heteroatoms. The van der Waals surface area contributed by atoms with Crippen molar-refractivity contribution in [3.63, 3.8) is 0 Å². The van der Waals surface area contributed by atoms with Crippen molar-refractivity contribution in [2.45, 2.75) is 37.9 Å². The molecule has 0 spiro atoms. The van der Waals surface area contributed by atoms with Gasteiger partial charge in [0.05, 0.1) is 25.8 Å². The zero-order valence-corrected chi connectivity index (χ0v) is 26.1. The number of rotatable bonds is 14. The standard InChI is InChI=1S/C35H37N5O7/c1-46-24-17-26-25(30(18-24)47-2)19-29(38-26)34(44)40-28(15-21-9-5-3-6-10-21)33(43)39-27(16-23-13-14-36-32(23)42)31(41)35(45)37-20-22-11-7-4-8-12-22/h3-12,17-19,23,27-28,38H,13-16,20H2,1-2H3,(H,36,42)(H,37,45)(H,39,43)(H,40,44)/t23-,27-,28-/m0/s1. The van der Waals surface area contributed by atoms with Crippen LogP contribution in [0.5, 0.6) is 11.5 Å². The molecule has 1 aliphatic rings. The molecule has 5 N–H and O–H groups in total. The van der Waals surface area contributed by atoms with Gasteiger partial charge in [0.25, 0.3) is 11.8 Å². The third-order valence-electron chi connectivity index (χ3n) is 8.11.